The standard InChI is InChI=1S/C13H23NO4/c1-9(2)12(16)18-13(4,5)7-8-17-10(3)11(15)14-6/h10H,1,7-8H2,2-6H3,(H,14,15). The van der Waals surface area contributed by atoms with E-state index >= 15 is 0 Å². The fourth-order valence-corrected chi connectivity index (χ4v) is 1.15. The van der Waals surface area contributed by atoms with Crippen molar-refractivity contribution in [3.8, 4) is 0 Å². The summed E-state index contributed by atoms with van der Waals surface area (Å²) in [6.07, 6.45) is -0.00415. The SMILES string of the molecule is C=C(C)C(=O)OC(C)(C)CCOC(C)C(=O)NC. The molecule has 0 aliphatic heterocycles. The average molecular weight is 257 g/mol. The molecule has 0 fully saturated rings. The van der Waals surface area contributed by atoms with Crippen molar-refractivity contribution in [3.05, 3.63) is 12.2 Å². The zero-order valence-corrected chi connectivity index (χ0v) is 11.8. The molecule has 18 heavy (non-hydrogen) atoms. The highest BCUT2D eigenvalue weighted by Gasteiger charge is 2.23. The molecule has 0 bridgehead atoms. The van der Waals surface area contributed by atoms with Crippen molar-refractivity contribution in [2.45, 2.75) is 45.8 Å². The Bertz CT molecular complexity index is 323. The van der Waals surface area contributed by atoms with Gasteiger partial charge in [-0.05, 0) is 27.7 Å². The fourth-order valence-electron chi connectivity index (χ4n) is 1.15. The number of likely N-dealkylation sites (N-methyl/N-ethyl adjacent to an activating group) is 1. The minimum atomic E-state index is -0.640. The van der Waals surface area contributed by atoms with E-state index in [1.807, 2.05) is 0 Å². The molecule has 0 saturated carbocycles. The summed E-state index contributed by atoms with van der Waals surface area (Å²) < 4.78 is 10.6. The van der Waals surface area contributed by atoms with Gasteiger partial charge in [0, 0.05) is 19.0 Å². The fraction of sp³-hybridized carbons (Fsp3) is 0.692. The lowest BCUT2D eigenvalue weighted by atomic mass is 10.1. The lowest BCUT2D eigenvalue weighted by molar-refractivity contribution is -0.154. The zero-order valence-electron chi connectivity index (χ0n) is 11.8. The van der Waals surface area contributed by atoms with Crippen LogP contribution in [0.5, 0.6) is 0 Å². The number of ether oxygens (including phenoxy) is 2. The molecule has 1 atom stereocenters. The van der Waals surface area contributed by atoms with Crippen LogP contribution in [0.4, 0.5) is 0 Å². The maximum absolute atomic E-state index is 11.4. The minimum absolute atomic E-state index is 0.174. The Morgan fingerprint density at radius 3 is 2.39 bits per heavy atom. The van der Waals surface area contributed by atoms with Gasteiger partial charge in [-0.1, -0.05) is 6.58 Å². The molecule has 0 aromatic heterocycles. The van der Waals surface area contributed by atoms with Gasteiger partial charge >= 0.3 is 5.97 Å². The van der Waals surface area contributed by atoms with Crippen LogP contribution in [0.25, 0.3) is 0 Å². The van der Waals surface area contributed by atoms with Crippen LogP contribution in [0.1, 0.15) is 34.1 Å². The first-order chi connectivity index (χ1) is 8.19. The Hall–Kier alpha value is -1.36. The molecule has 5 nitrogen and oxygen atoms in total. The monoisotopic (exact) mass is 257 g/mol. The van der Waals surface area contributed by atoms with E-state index in [9.17, 15) is 9.59 Å². The number of rotatable bonds is 7. The van der Waals surface area contributed by atoms with Gasteiger partial charge in [-0.15, -0.1) is 0 Å². The van der Waals surface area contributed by atoms with E-state index in [0.29, 0.717) is 18.6 Å². The van der Waals surface area contributed by atoms with Gasteiger partial charge in [0.05, 0.1) is 6.61 Å². The molecule has 0 aliphatic rings. The molecule has 0 aromatic carbocycles. The summed E-state index contributed by atoms with van der Waals surface area (Å²) in [7, 11) is 1.56. The summed E-state index contributed by atoms with van der Waals surface area (Å²) in [6, 6.07) is 0. The molecular formula is C13H23NO4. The molecule has 0 radical (unpaired) electrons. The number of carbonyl (C=O) groups is 2. The Morgan fingerprint density at radius 1 is 1.39 bits per heavy atom. The first kappa shape index (κ1) is 16.6. The van der Waals surface area contributed by atoms with Crippen LogP contribution in [-0.2, 0) is 19.1 Å². The predicted molar refractivity (Wildman–Crippen MR) is 69.1 cm³/mol. The highest BCUT2D eigenvalue weighted by molar-refractivity contribution is 5.87. The van der Waals surface area contributed by atoms with Gasteiger partial charge in [-0.25, -0.2) is 4.79 Å². The maximum atomic E-state index is 11.4. The summed E-state index contributed by atoms with van der Waals surface area (Å²) >= 11 is 0. The molecule has 0 heterocycles. The van der Waals surface area contributed by atoms with Gasteiger partial charge < -0.3 is 14.8 Å². The summed E-state index contributed by atoms with van der Waals surface area (Å²) in [5, 5.41) is 2.50. The first-order valence-corrected chi connectivity index (χ1v) is 5.91. The molecule has 0 aliphatic carbocycles. The van der Waals surface area contributed by atoms with Crippen LogP contribution in [0, 0.1) is 0 Å². The van der Waals surface area contributed by atoms with Gasteiger partial charge in [0.1, 0.15) is 11.7 Å². The Morgan fingerprint density at radius 2 is 1.94 bits per heavy atom. The molecular weight excluding hydrogens is 234 g/mol. The second-order valence-corrected chi connectivity index (χ2v) is 4.81. The van der Waals surface area contributed by atoms with Crippen LogP contribution in [0.3, 0.4) is 0 Å². The van der Waals surface area contributed by atoms with Crippen molar-refractivity contribution < 1.29 is 19.1 Å². The Labute approximate surface area is 109 Å². The molecule has 104 valence electrons. The number of hydrogen-bond donors (Lipinski definition) is 1. The van der Waals surface area contributed by atoms with E-state index in [-0.39, 0.29) is 5.91 Å². The highest BCUT2D eigenvalue weighted by atomic mass is 16.6. The molecule has 1 amide bonds. The van der Waals surface area contributed by atoms with Crippen molar-refractivity contribution in [2.75, 3.05) is 13.7 Å². The van der Waals surface area contributed by atoms with Gasteiger partial charge in [-0.2, -0.15) is 0 Å². The van der Waals surface area contributed by atoms with E-state index < -0.39 is 17.7 Å². The van der Waals surface area contributed by atoms with Crippen LogP contribution in [0.15, 0.2) is 12.2 Å². The van der Waals surface area contributed by atoms with Crippen molar-refractivity contribution in [2.24, 2.45) is 0 Å². The quantitative estimate of drug-likeness (QED) is 0.553. The third-order valence-electron chi connectivity index (χ3n) is 2.41. The topological polar surface area (TPSA) is 64.6 Å². The van der Waals surface area contributed by atoms with Gasteiger partial charge in [0.2, 0.25) is 5.91 Å². The molecule has 0 spiro atoms. The van der Waals surface area contributed by atoms with E-state index in [1.165, 1.54) is 0 Å². The summed E-state index contributed by atoms with van der Waals surface area (Å²) in [5.41, 5.74) is -0.277. The number of nitrogens with one attached hydrogen (secondary N) is 1. The molecule has 0 aromatic rings. The van der Waals surface area contributed by atoms with Crippen LogP contribution in [-0.4, -0.2) is 37.2 Å². The van der Waals surface area contributed by atoms with Crippen molar-refractivity contribution in [1.29, 1.82) is 0 Å². The lowest BCUT2D eigenvalue weighted by Gasteiger charge is -2.25. The first-order valence-electron chi connectivity index (χ1n) is 5.91. The lowest BCUT2D eigenvalue weighted by Crippen LogP contribution is -2.34. The molecule has 1 N–H and O–H groups in total. The molecule has 0 rings (SSSR count). The van der Waals surface area contributed by atoms with E-state index in [4.69, 9.17) is 9.47 Å². The Kier molecular flexibility index (Phi) is 6.62. The van der Waals surface area contributed by atoms with Crippen molar-refractivity contribution in [1.82, 2.24) is 5.32 Å². The van der Waals surface area contributed by atoms with E-state index in [2.05, 4.69) is 11.9 Å². The smallest absolute Gasteiger partial charge is 0.333 e. The zero-order chi connectivity index (χ0) is 14.3. The Balaban J connectivity index is 4.08. The maximum Gasteiger partial charge on any atom is 0.333 e. The van der Waals surface area contributed by atoms with E-state index in [1.54, 1.807) is 34.7 Å². The number of hydrogen-bond acceptors (Lipinski definition) is 4. The third-order valence-corrected chi connectivity index (χ3v) is 2.41. The van der Waals surface area contributed by atoms with Gasteiger partial charge in [-0.3, -0.25) is 4.79 Å². The van der Waals surface area contributed by atoms with Gasteiger partial charge in [0.25, 0.3) is 0 Å². The van der Waals surface area contributed by atoms with Crippen LogP contribution >= 0.6 is 0 Å². The van der Waals surface area contributed by atoms with Crippen LogP contribution in [0.2, 0.25) is 0 Å². The van der Waals surface area contributed by atoms with E-state index in [0.717, 1.165) is 0 Å². The highest BCUT2D eigenvalue weighted by Crippen LogP contribution is 2.16. The molecule has 0 saturated heterocycles. The average Bonchev–Trinajstić information content (AvgIpc) is 2.26. The molecule has 1 unspecified atom stereocenters. The summed E-state index contributed by atoms with van der Waals surface area (Å²) in [4.78, 5) is 22.6. The van der Waals surface area contributed by atoms with Crippen molar-refractivity contribution >= 4 is 11.9 Å². The number of amides is 1. The van der Waals surface area contributed by atoms with Gasteiger partial charge in [0.15, 0.2) is 0 Å². The number of carbonyl (C=O) groups excluding carboxylic acids is 2. The predicted octanol–water partition coefficient (Wildman–Crippen LogP) is 1.43. The minimum Gasteiger partial charge on any atom is -0.456 e. The van der Waals surface area contributed by atoms with Crippen LogP contribution < -0.4 is 5.32 Å². The second-order valence-electron chi connectivity index (χ2n) is 4.81. The summed E-state index contributed by atoms with van der Waals surface area (Å²) in [5.74, 6) is -0.592. The largest absolute Gasteiger partial charge is 0.456 e. The summed E-state index contributed by atoms with van der Waals surface area (Å²) in [6.45, 7) is 10.7. The third kappa shape index (κ3) is 6.39. The number of esters is 1. The molecule has 5 heteroatoms. The second kappa shape index (κ2) is 7.16. The normalized spacial score (nSPS) is 12.7. The van der Waals surface area contributed by atoms with Crippen molar-refractivity contribution in [3.63, 3.8) is 0 Å².